The van der Waals surface area contributed by atoms with E-state index in [0.717, 1.165) is 0 Å². The second-order valence-electron chi connectivity index (χ2n) is 4.94. The topological polar surface area (TPSA) is 84.7 Å². The highest BCUT2D eigenvalue weighted by atomic mass is 32.2. The predicted octanol–water partition coefficient (Wildman–Crippen LogP) is -0.721. The van der Waals surface area contributed by atoms with Crippen molar-refractivity contribution in [2.45, 2.75) is 32.4 Å². The summed E-state index contributed by atoms with van der Waals surface area (Å²) in [7, 11) is -3.44. The molecular formula is C9H21N3O3S. The third-order valence-electron chi connectivity index (χ3n) is 2.14. The molecule has 0 spiro atoms. The average Bonchev–Trinajstić information content (AvgIpc) is 2.14. The van der Waals surface area contributed by atoms with Gasteiger partial charge in [-0.1, -0.05) is 0 Å². The van der Waals surface area contributed by atoms with Crippen molar-refractivity contribution in [3.63, 3.8) is 0 Å². The van der Waals surface area contributed by atoms with Gasteiger partial charge in [0, 0.05) is 25.2 Å². The van der Waals surface area contributed by atoms with E-state index < -0.39 is 15.7 Å². The second kappa shape index (κ2) is 4.97. The Balaban J connectivity index is 2.68. The van der Waals surface area contributed by atoms with Crippen molar-refractivity contribution in [1.29, 1.82) is 0 Å². The molecule has 0 saturated carbocycles. The van der Waals surface area contributed by atoms with Gasteiger partial charge >= 0.3 is 0 Å². The molecule has 1 heterocycles. The summed E-state index contributed by atoms with van der Waals surface area (Å²) >= 11 is 0. The van der Waals surface area contributed by atoms with E-state index >= 15 is 0 Å². The molecule has 0 amide bonds. The zero-order chi connectivity index (χ0) is 12.4. The Kier molecular flexibility index (Phi) is 4.30. The van der Waals surface area contributed by atoms with Gasteiger partial charge in [0.2, 0.25) is 0 Å². The van der Waals surface area contributed by atoms with Crippen LogP contribution >= 0.6 is 0 Å². The lowest BCUT2D eigenvalue weighted by Crippen LogP contribution is -2.55. The molecule has 1 atom stereocenters. The molecule has 0 bridgehead atoms. The number of morpholine rings is 1. The maximum absolute atomic E-state index is 12.0. The van der Waals surface area contributed by atoms with Crippen LogP contribution in [-0.2, 0) is 14.9 Å². The third-order valence-corrected chi connectivity index (χ3v) is 4.02. The smallest absolute Gasteiger partial charge is 0.280 e. The molecule has 0 radical (unpaired) electrons. The Morgan fingerprint density at radius 2 is 2.12 bits per heavy atom. The van der Waals surface area contributed by atoms with E-state index in [2.05, 4.69) is 4.72 Å². The van der Waals surface area contributed by atoms with E-state index in [-0.39, 0.29) is 6.10 Å². The van der Waals surface area contributed by atoms with Crippen molar-refractivity contribution in [2.75, 3.05) is 26.2 Å². The van der Waals surface area contributed by atoms with Gasteiger partial charge in [0.25, 0.3) is 10.2 Å². The molecule has 0 aromatic rings. The van der Waals surface area contributed by atoms with Crippen LogP contribution in [0.5, 0.6) is 0 Å². The van der Waals surface area contributed by atoms with Gasteiger partial charge in [-0.05, 0) is 20.8 Å². The summed E-state index contributed by atoms with van der Waals surface area (Å²) in [5.74, 6) is 0. The molecule has 1 unspecified atom stereocenters. The van der Waals surface area contributed by atoms with Gasteiger partial charge < -0.3 is 10.5 Å². The molecule has 96 valence electrons. The highest BCUT2D eigenvalue weighted by molar-refractivity contribution is 7.87. The normalized spacial score (nSPS) is 24.6. The number of ether oxygens (including phenoxy) is 1. The fraction of sp³-hybridized carbons (Fsp3) is 1.00. The Bertz CT molecular complexity index is 323. The van der Waals surface area contributed by atoms with Gasteiger partial charge in [-0.25, -0.2) is 0 Å². The van der Waals surface area contributed by atoms with Crippen molar-refractivity contribution < 1.29 is 13.2 Å². The van der Waals surface area contributed by atoms with Crippen LogP contribution in [0.4, 0.5) is 0 Å². The Morgan fingerprint density at radius 3 is 2.62 bits per heavy atom. The highest BCUT2D eigenvalue weighted by Crippen LogP contribution is 2.11. The SMILES string of the molecule is CC(C)(C)NS(=O)(=O)N1CCOC(CN)C1. The molecule has 1 saturated heterocycles. The lowest BCUT2D eigenvalue weighted by atomic mass is 10.1. The summed E-state index contributed by atoms with van der Waals surface area (Å²) in [6.45, 7) is 6.86. The van der Waals surface area contributed by atoms with Crippen LogP contribution in [0.3, 0.4) is 0 Å². The van der Waals surface area contributed by atoms with Crippen molar-refractivity contribution in [1.82, 2.24) is 9.03 Å². The average molecular weight is 251 g/mol. The van der Waals surface area contributed by atoms with Crippen molar-refractivity contribution in [3.05, 3.63) is 0 Å². The first kappa shape index (κ1) is 13.9. The monoisotopic (exact) mass is 251 g/mol. The maximum Gasteiger partial charge on any atom is 0.280 e. The molecule has 3 N–H and O–H groups in total. The van der Waals surface area contributed by atoms with Crippen LogP contribution in [0, 0.1) is 0 Å². The zero-order valence-electron chi connectivity index (χ0n) is 10.1. The quantitative estimate of drug-likeness (QED) is 0.693. The lowest BCUT2D eigenvalue weighted by molar-refractivity contribution is 0.00390. The molecule has 0 aliphatic carbocycles. The largest absolute Gasteiger partial charge is 0.374 e. The molecule has 1 aliphatic rings. The molecule has 1 fully saturated rings. The van der Waals surface area contributed by atoms with Gasteiger partial charge in [-0.3, -0.25) is 0 Å². The maximum atomic E-state index is 12.0. The molecule has 7 heteroatoms. The van der Waals surface area contributed by atoms with Gasteiger partial charge in [0.05, 0.1) is 12.7 Å². The Labute approximate surface area is 97.3 Å². The molecule has 0 aromatic heterocycles. The summed E-state index contributed by atoms with van der Waals surface area (Å²) in [4.78, 5) is 0. The van der Waals surface area contributed by atoms with Gasteiger partial charge in [0.15, 0.2) is 0 Å². The highest BCUT2D eigenvalue weighted by Gasteiger charge is 2.31. The minimum atomic E-state index is -3.44. The van der Waals surface area contributed by atoms with E-state index in [1.807, 2.05) is 20.8 Å². The number of hydrogen-bond acceptors (Lipinski definition) is 4. The van der Waals surface area contributed by atoms with Crippen LogP contribution in [0.2, 0.25) is 0 Å². The number of rotatable bonds is 3. The zero-order valence-corrected chi connectivity index (χ0v) is 10.9. The fourth-order valence-corrected chi connectivity index (χ4v) is 3.09. The minimum absolute atomic E-state index is 0.203. The standard InChI is InChI=1S/C9H21N3O3S/c1-9(2,3)11-16(13,14)12-4-5-15-8(6-10)7-12/h8,11H,4-7,10H2,1-3H3. The molecule has 1 rings (SSSR count). The van der Waals surface area contributed by atoms with Crippen LogP contribution in [0.15, 0.2) is 0 Å². The van der Waals surface area contributed by atoms with Crippen LogP contribution in [0.25, 0.3) is 0 Å². The number of hydrogen-bond donors (Lipinski definition) is 2. The van der Waals surface area contributed by atoms with Crippen molar-refractivity contribution >= 4 is 10.2 Å². The number of nitrogens with one attached hydrogen (secondary N) is 1. The van der Waals surface area contributed by atoms with Crippen molar-refractivity contribution in [2.24, 2.45) is 5.73 Å². The molecular weight excluding hydrogens is 230 g/mol. The molecule has 6 nitrogen and oxygen atoms in total. The van der Waals surface area contributed by atoms with Gasteiger partial charge in [-0.15, -0.1) is 0 Å². The summed E-state index contributed by atoms with van der Waals surface area (Å²) in [6, 6.07) is 0. The molecule has 16 heavy (non-hydrogen) atoms. The first-order valence-corrected chi connectivity index (χ1v) is 6.79. The van der Waals surface area contributed by atoms with Crippen LogP contribution in [-0.4, -0.2) is 50.6 Å². The third kappa shape index (κ3) is 3.99. The van der Waals surface area contributed by atoms with Crippen LogP contribution < -0.4 is 10.5 Å². The van der Waals surface area contributed by atoms with E-state index in [1.165, 1.54) is 4.31 Å². The predicted molar refractivity (Wildman–Crippen MR) is 62.2 cm³/mol. The van der Waals surface area contributed by atoms with E-state index in [9.17, 15) is 8.42 Å². The summed E-state index contributed by atoms with van der Waals surface area (Å²) in [5.41, 5.74) is 4.99. The number of nitrogens with zero attached hydrogens (tertiary/aromatic N) is 1. The number of nitrogens with two attached hydrogens (primary N) is 1. The second-order valence-corrected chi connectivity index (χ2v) is 6.61. The Hall–Kier alpha value is -0.210. The van der Waals surface area contributed by atoms with E-state index in [1.54, 1.807) is 0 Å². The Morgan fingerprint density at radius 1 is 1.50 bits per heavy atom. The van der Waals surface area contributed by atoms with Gasteiger partial charge in [0.1, 0.15) is 0 Å². The molecule has 1 aliphatic heterocycles. The summed E-state index contributed by atoms with van der Waals surface area (Å²) in [6.07, 6.45) is -0.203. The minimum Gasteiger partial charge on any atom is -0.374 e. The first-order chi connectivity index (χ1) is 7.24. The first-order valence-electron chi connectivity index (χ1n) is 5.35. The fourth-order valence-electron chi connectivity index (χ4n) is 1.50. The van der Waals surface area contributed by atoms with E-state index in [4.69, 9.17) is 10.5 Å². The van der Waals surface area contributed by atoms with Gasteiger partial charge in [-0.2, -0.15) is 17.4 Å². The van der Waals surface area contributed by atoms with E-state index in [0.29, 0.717) is 26.2 Å². The lowest BCUT2D eigenvalue weighted by Gasteiger charge is -2.33. The summed E-state index contributed by atoms with van der Waals surface area (Å²) < 4.78 is 33.3. The van der Waals surface area contributed by atoms with Crippen LogP contribution in [0.1, 0.15) is 20.8 Å². The van der Waals surface area contributed by atoms with Crippen molar-refractivity contribution in [3.8, 4) is 0 Å². The summed E-state index contributed by atoms with van der Waals surface area (Å²) in [5, 5.41) is 0. The molecule has 0 aromatic carbocycles.